The zero-order chi connectivity index (χ0) is 18.9. The number of nitrogens with zero attached hydrogens (tertiary/aromatic N) is 2. The summed E-state index contributed by atoms with van der Waals surface area (Å²) >= 11 is 6.23. The Labute approximate surface area is 159 Å². The molecule has 142 valence electrons. The first kappa shape index (κ1) is 19.0. The molecule has 1 spiro atoms. The highest BCUT2D eigenvalue weighted by Gasteiger charge is 2.52. The maximum absolute atomic E-state index is 12.8. The minimum Gasteiger partial charge on any atom is -0.381 e. The van der Waals surface area contributed by atoms with Gasteiger partial charge in [-0.15, -0.1) is 0 Å². The first-order chi connectivity index (χ1) is 12.3. The topological polar surface area (TPSA) is 61.9 Å². The molecule has 1 unspecified atom stereocenters. The van der Waals surface area contributed by atoms with Crippen molar-refractivity contribution >= 4 is 29.2 Å². The molecule has 2 saturated heterocycles. The Morgan fingerprint density at radius 1 is 1.31 bits per heavy atom. The van der Waals surface area contributed by atoms with Crippen molar-refractivity contribution in [2.75, 3.05) is 45.7 Å². The standard InChI is InChI=1S/C19H26ClN3O3/c1-13-4-5-16(15(20)10-13)21-18(25)23-11-14(17(24)22(2)3)19(12-23)6-8-26-9-7-19/h4-5,10,14H,6-9,11-12H2,1-3H3,(H,21,25). The number of nitrogens with one attached hydrogen (secondary N) is 1. The molecule has 3 amide bonds. The third kappa shape index (κ3) is 3.67. The minimum atomic E-state index is -0.212. The number of likely N-dealkylation sites (tertiary alicyclic amines) is 1. The molecule has 1 aromatic carbocycles. The van der Waals surface area contributed by atoms with Crippen molar-refractivity contribution in [1.82, 2.24) is 9.80 Å². The summed E-state index contributed by atoms with van der Waals surface area (Å²) in [7, 11) is 3.54. The van der Waals surface area contributed by atoms with Crippen LogP contribution >= 0.6 is 11.6 Å². The lowest BCUT2D eigenvalue weighted by Gasteiger charge is -2.37. The smallest absolute Gasteiger partial charge is 0.321 e. The van der Waals surface area contributed by atoms with E-state index in [1.165, 1.54) is 0 Å². The molecule has 0 aliphatic carbocycles. The highest BCUT2D eigenvalue weighted by Crippen LogP contribution is 2.45. The van der Waals surface area contributed by atoms with Crippen molar-refractivity contribution < 1.29 is 14.3 Å². The molecule has 0 saturated carbocycles. The Morgan fingerprint density at radius 2 is 2.00 bits per heavy atom. The number of carbonyl (C=O) groups excluding carboxylic acids is 2. The van der Waals surface area contributed by atoms with Gasteiger partial charge in [-0.1, -0.05) is 17.7 Å². The predicted molar refractivity (Wildman–Crippen MR) is 101 cm³/mol. The van der Waals surface area contributed by atoms with Gasteiger partial charge in [0.1, 0.15) is 0 Å². The summed E-state index contributed by atoms with van der Waals surface area (Å²) in [6.45, 7) is 4.21. The first-order valence-corrected chi connectivity index (χ1v) is 9.31. The summed E-state index contributed by atoms with van der Waals surface area (Å²) in [6.07, 6.45) is 1.60. The summed E-state index contributed by atoms with van der Waals surface area (Å²) in [6, 6.07) is 5.32. The highest BCUT2D eigenvalue weighted by atomic mass is 35.5. The summed E-state index contributed by atoms with van der Waals surface area (Å²) in [5.41, 5.74) is 1.42. The lowest BCUT2D eigenvalue weighted by molar-refractivity contribution is -0.138. The van der Waals surface area contributed by atoms with Crippen LogP contribution in [0.15, 0.2) is 18.2 Å². The fraction of sp³-hybridized carbons (Fsp3) is 0.579. The van der Waals surface area contributed by atoms with Gasteiger partial charge in [-0.2, -0.15) is 0 Å². The third-order valence-corrected chi connectivity index (χ3v) is 5.84. The third-order valence-electron chi connectivity index (χ3n) is 5.53. The van der Waals surface area contributed by atoms with Gasteiger partial charge in [0, 0.05) is 45.8 Å². The number of benzene rings is 1. The van der Waals surface area contributed by atoms with Gasteiger partial charge in [0.25, 0.3) is 0 Å². The number of aryl methyl sites for hydroxylation is 1. The molecule has 3 rings (SSSR count). The van der Waals surface area contributed by atoms with Crippen molar-refractivity contribution in [2.45, 2.75) is 19.8 Å². The van der Waals surface area contributed by atoms with Crippen LogP contribution in [0, 0.1) is 18.3 Å². The Hall–Kier alpha value is -1.79. The van der Waals surface area contributed by atoms with Gasteiger partial charge in [-0.3, -0.25) is 4.79 Å². The molecule has 2 fully saturated rings. The number of halogens is 1. The Balaban J connectivity index is 1.78. The van der Waals surface area contributed by atoms with E-state index in [4.69, 9.17) is 16.3 Å². The van der Waals surface area contributed by atoms with Crippen molar-refractivity contribution in [3.05, 3.63) is 28.8 Å². The number of hydrogen-bond donors (Lipinski definition) is 1. The first-order valence-electron chi connectivity index (χ1n) is 8.93. The molecular weight excluding hydrogens is 354 g/mol. The average molecular weight is 380 g/mol. The Bertz CT molecular complexity index is 701. The van der Waals surface area contributed by atoms with E-state index < -0.39 is 0 Å². The summed E-state index contributed by atoms with van der Waals surface area (Å²) in [5, 5.41) is 3.40. The van der Waals surface area contributed by atoms with Crippen molar-refractivity contribution in [3.63, 3.8) is 0 Å². The van der Waals surface area contributed by atoms with Crippen LogP contribution in [-0.2, 0) is 9.53 Å². The molecule has 1 atom stereocenters. The molecule has 0 radical (unpaired) electrons. The van der Waals surface area contributed by atoms with Crippen LogP contribution in [0.25, 0.3) is 0 Å². The zero-order valence-corrected chi connectivity index (χ0v) is 16.3. The number of hydrogen-bond acceptors (Lipinski definition) is 3. The van der Waals surface area contributed by atoms with Crippen molar-refractivity contribution in [3.8, 4) is 0 Å². The van der Waals surface area contributed by atoms with Gasteiger partial charge < -0.3 is 19.9 Å². The number of anilines is 1. The second-order valence-corrected chi connectivity index (χ2v) is 7.96. The van der Waals surface area contributed by atoms with Gasteiger partial charge in [0.15, 0.2) is 0 Å². The van der Waals surface area contributed by atoms with Gasteiger partial charge in [-0.05, 0) is 37.5 Å². The zero-order valence-electron chi connectivity index (χ0n) is 15.5. The van der Waals surface area contributed by atoms with Crippen molar-refractivity contribution in [1.29, 1.82) is 0 Å². The molecule has 26 heavy (non-hydrogen) atoms. The number of ether oxygens (including phenoxy) is 1. The number of rotatable bonds is 2. The van der Waals surface area contributed by atoms with Gasteiger partial charge in [0.2, 0.25) is 5.91 Å². The number of carbonyl (C=O) groups is 2. The number of amides is 3. The number of urea groups is 1. The fourth-order valence-corrected chi connectivity index (χ4v) is 4.26. The highest BCUT2D eigenvalue weighted by molar-refractivity contribution is 6.33. The summed E-state index contributed by atoms with van der Waals surface area (Å²) in [5.74, 6) is -0.115. The molecule has 1 N–H and O–H groups in total. The molecule has 1 aromatic rings. The molecule has 6 nitrogen and oxygen atoms in total. The Kier molecular flexibility index (Phi) is 5.44. The molecular formula is C19H26ClN3O3. The maximum atomic E-state index is 12.8. The van der Waals surface area contributed by atoms with Crippen LogP contribution in [0.1, 0.15) is 18.4 Å². The van der Waals surface area contributed by atoms with Gasteiger partial charge in [0.05, 0.1) is 16.6 Å². The SMILES string of the molecule is Cc1ccc(NC(=O)N2CC(C(=O)N(C)C)C3(CCOCC3)C2)c(Cl)c1. The average Bonchev–Trinajstić information content (AvgIpc) is 2.96. The van der Waals surface area contributed by atoms with E-state index in [1.807, 2.05) is 19.1 Å². The van der Waals surface area contributed by atoms with Crippen LogP contribution in [-0.4, -0.2) is 62.1 Å². The lowest BCUT2D eigenvalue weighted by Crippen LogP contribution is -2.44. The lowest BCUT2D eigenvalue weighted by atomic mass is 9.71. The summed E-state index contributed by atoms with van der Waals surface area (Å²) in [4.78, 5) is 28.9. The van der Waals surface area contributed by atoms with Gasteiger partial charge >= 0.3 is 6.03 Å². The quantitative estimate of drug-likeness (QED) is 0.859. The van der Waals surface area contributed by atoms with Gasteiger partial charge in [-0.25, -0.2) is 4.79 Å². The molecule has 0 aromatic heterocycles. The minimum absolute atomic E-state index is 0.0792. The summed E-state index contributed by atoms with van der Waals surface area (Å²) < 4.78 is 5.50. The van der Waals surface area contributed by atoms with Crippen LogP contribution in [0.3, 0.4) is 0 Å². The van der Waals surface area contributed by atoms with E-state index >= 15 is 0 Å². The van der Waals surface area contributed by atoms with Crippen LogP contribution in [0.5, 0.6) is 0 Å². The Morgan fingerprint density at radius 3 is 2.62 bits per heavy atom. The molecule has 2 aliphatic rings. The van der Waals surface area contributed by atoms with E-state index in [-0.39, 0.29) is 23.3 Å². The van der Waals surface area contributed by atoms with E-state index in [0.717, 1.165) is 18.4 Å². The van der Waals surface area contributed by atoms with Crippen molar-refractivity contribution in [2.24, 2.45) is 11.3 Å². The fourth-order valence-electron chi connectivity index (χ4n) is 3.98. The van der Waals surface area contributed by atoms with E-state index in [1.54, 1.807) is 30.0 Å². The molecule has 7 heteroatoms. The monoisotopic (exact) mass is 379 g/mol. The second-order valence-electron chi connectivity index (χ2n) is 7.55. The van der Waals surface area contributed by atoms with Crippen LogP contribution in [0.4, 0.5) is 10.5 Å². The van der Waals surface area contributed by atoms with E-state index in [0.29, 0.717) is 37.0 Å². The molecule has 2 aliphatic heterocycles. The largest absolute Gasteiger partial charge is 0.381 e. The molecule has 0 bridgehead atoms. The van der Waals surface area contributed by atoms with Crippen LogP contribution < -0.4 is 5.32 Å². The van der Waals surface area contributed by atoms with Crippen LogP contribution in [0.2, 0.25) is 5.02 Å². The second kappa shape index (κ2) is 7.45. The predicted octanol–water partition coefficient (Wildman–Crippen LogP) is 3.00. The van der Waals surface area contributed by atoms with E-state index in [9.17, 15) is 9.59 Å². The maximum Gasteiger partial charge on any atom is 0.321 e. The normalized spacial score (nSPS) is 21.7. The van der Waals surface area contributed by atoms with E-state index in [2.05, 4.69) is 5.32 Å². The molecule has 2 heterocycles.